The van der Waals surface area contributed by atoms with E-state index in [2.05, 4.69) is 63.7 Å². The predicted molar refractivity (Wildman–Crippen MR) is 105 cm³/mol. The van der Waals surface area contributed by atoms with Crippen molar-refractivity contribution >= 4 is 0 Å². The zero-order valence-electron chi connectivity index (χ0n) is 17.6. The van der Waals surface area contributed by atoms with Crippen LogP contribution in [0.3, 0.4) is 0 Å². The van der Waals surface area contributed by atoms with Gasteiger partial charge in [-0.3, -0.25) is 4.90 Å². The van der Waals surface area contributed by atoms with Crippen LogP contribution in [0.25, 0.3) is 0 Å². The molecule has 1 fully saturated rings. The lowest BCUT2D eigenvalue weighted by Crippen LogP contribution is -2.45. The summed E-state index contributed by atoms with van der Waals surface area (Å²) in [4.78, 5) is 5.37. The number of hydrogen-bond donors (Lipinski definition) is 1. The molecule has 1 rings (SSSR count). The maximum atomic E-state index is 3.43. The van der Waals surface area contributed by atoms with Gasteiger partial charge in [0, 0.05) is 30.7 Å². The van der Waals surface area contributed by atoms with Gasteiger partial charge in [0.05, 0.1) is 0 Å². The normalized spacial score (nSPS) is 19.7. The molecule has 23 heavy (non-hydrogen) atoms. The molecular weight excluding hydrogens is 282 g/mol. The summed E-state index contributed by atoms with van der Waals surface area (Å²) in [6.07, 6.45) is 3.79. The highest BCUT2D eigenvalue weighted by Crippen LogP contribution is 2.22. The molecule has 1 atom stereocenters. The first-order valence-corrected chi connectivity index (χ1v) is 9.86. The van der Waals surface area contributed by atoms with Gasteiger partial charge in [-0.1, -0.05) is 27.7 Å². The van der Waals surface area contributed by atoms with Crippen molar-refractivity contribution in [1.29, 1.82) is 0 Å². The van der Waals surface area contributed by atoms with E-state index in [9.17, 15) is 0 Å². The molecule has 0 aromatic carbocycles. The molecule has 140 valence electrons. The Labute approximate surface area is 147 Å². The van der Waals surface area contributed by atoms with Crippen molar-refractivity contribution in [2.45, 2.75) is 85.7 Å². The maximum Gasteiger partial charge on any atom is 0.0151 e. The van der Waals surface area contributed by atoms with E-state index in [0.29, 0.717) is 5.54 Å². The number of hydrogen-bond acceptors (Lipinski definition) is 3. The van der Waals surface area contributed by atoms with Gasteiger partial charge < -0.3 is 10.2 Å². The minimum absolute atomic E-state index is 0.251. The lowest BCUT2D eigenvalue weighted by atomic mass is 9.91. The summed E-state index contributed by atoms with van der Waals surface area (Å²) in [5.41, 5.74) is 0.608. The molecule has 0 aliphatic carbocycles. The second-order valence-corrected chi connectivity index (χ2v) is 8.25. The first-order chi connectivity index (χ1) is 10.7. The van der Waals surface area contributed by atoms with Crippen molar-refractivity contribution in [3.8, 4) is 0 Å². The molecule has 1 unspecified atom stereocenters. The zero-order valence-corrected chi connectivity index (χ0v) is 17.6. The van der Waals surface area contributed by atoms with Gasteiger partial charge in [0.15, 0.2) is 0 Å². The molecule has 0 bridgehead atoms. The van der Waals surface area contributed by atoms with Crippen molar-refractivity contribution in [2.75, 3.05) is 39.8 Å². The number of nitrogens with one attached hydrogen (secondary N) is 1. The van der Waals surface area contributed by atoms with Gasteiger partial charge in [0.2, 0.25) is 0 Å². The van der Waals surface area contributed by atoms with E-state index < -0.39 is 0 Å². The second kappa shape index (κ2) is 10.7. The highest BCUT2D eigenvalue weighted by molar-refractivity contribution is 4.84. The van der Waals surface area contributed by atoms with Gasteiger partial charge in [0.1, 0.15) is 0 Å². The summed E-state index contributed by atoms with van der Waals surface area (Å²) >= 11 is 0. The Morgan fingerprint density at radius 1 is 1.00 bits per heavy atom. The highest BCUT2D eigenvalue weighted by atomic mass is 15.2. The first-order valence-electron chi connectivity index (χ1n) is 9.86. The third kappa shape index (κ3) is 8.51. The van der Waals surface area contributed by atoms with Crippen molar-refractivity contribution in [1.82, 2.24) is 15.1 Å². The summed E-state index contributed by atoms with van der Waals surface area (Å²) < 4.78 is 0. The summed E-state index contributed by atoms with van der Waals surface area (Å²) in [7, 11) is 2.07. The van der Waals surface area contributed by atoms with Crippen molar-refractivity contribution in [2.24, 2.45) is 5.92 Å². The predicted octanol–water partition coefficient (Wildman–Crippen LogP) is 4.23. The standard InChI is InChI=1S/C18H39N3.C2H6/c1-8-18(5,6)21-11-9-10-20(12-13-21)15-16(2)14-17(3,4)19-7;1-2/h16,19H,8-15H2,1-7H3;1-2H3. The average Bonchev–Trinajstić information content (AvgIpc) is 2.74. The molecule has 0 spiro atoms. The fourth-order valence-electron chi connectivity index (χ4n) is 3.46. The van der Waals surface area contributed by atoms with Crippen molar-refractivity contribution in [3.05, 3.63) is 0 Å². The minimum Gasteiger partial charge on any atom is -0.315 e. The molecule has 0 radical (unpaired) electrons. The van der Waals surface area contributed by atoms with Crippen LogP contribution in [0.5, 0.6) is 0 Å². The van der Waals surface area contributed by atoms with Crippen LogP contribution < -0.4 is 5.32 Å². The lowest BCUT2D eigenvalue weighted by Gasteiger charge is -2.37. The topological polar surface area (TPSA) is 18.5 Å². The van der Waals surface area contributed by atoms with E-state index >= 15 is 0 Å². The fraction of sp³-hybridized carbons (Fsp3) is 1.00. The molecule has 1 N–H and O–H groups in total. The van der Waals surface area contributed by atoms with Crippen molar-refractivity contribution in [3.63, 3.8) is 0 Å². The van der Waals surface area contributed by atoms with Gasteiger partial charge in [0.25, 0.3) is 0 Å². The molecule has 1 saturated heterocycles. The van der Waals surface area contributed by atoms with Crippen LogP contribution in [-0.4, -0.2) is 60.6 Å². The first kappa shape index (κ1) is 22.9. The van der Waals surface area contributed by atoms with E-state index in [1.165, 1.54) is 52.0 Å². The maximum absolute atomic E-state index is 3.43. The van der Waals surface area contributed by atoms with E-state index in [-0.39, 0.29) is 5.54 Å². The van der Waals surface area contributed by atoms with Gasteiger partial charge in [-0.25, -0.2) is 0 Å². The van der Waals surface area contributed by atoms with Gasteiger partial charge in [-0.05, 0) is 73.0 Å². The monoisotopic (exact) mass is 327 g/mol. The summed E-state index contributed by atoms with van der Waals surface area (Å²) in [6.45, 7) is 24.3. The number of rotatable bonds is 7. The largest absolute Gasteiger partial charge is 0.315 e. The summed E-state index contributed by atoms with van der Waals surface area (Å²) in [5.74, 6) is 0.748. The number of nitrogens with zero attached hydrogens (tertiary/aromatic N) is 2. The Hall–Kier alpha value is -0.120. The highest BCUT2D eigenvalue weighted by Gasteiger charge is 2.27. The van der Waals surface area contributed by atoms with Gasteiger partial charge in [-0.15, -0.1) is 0 Å². The lowest BCUT2D eigenvalue weighted by molar-refractivity contribution is 0.118. The van der Waals surface area contributed by atoms with Crippen LogP contribution in [0.4, 0.5) is 0 Å². The zero-order chi connectivity index (χ0) is 18.1. The SMILES string of the molecule is CC.CCC(C)(C)N1CCCN(CC(C)CC(C)(C)NC)CC1. The second-order valence-electron chi connectivity index (χ2n) is 8.25. The molecule has 0 saturated carbocycles. The van der Waals surface area contributed by atoms with Crippen LogP contribution in [-0.2, 0) is 0 Å². The van der Waals surface area contributed by atoms with Crippen molar-refractivity contribution < 1.29 is 0 Å². The molecule has 3 heteroatoms. The third-order valence-corrected chi connectivity index (χ3v) is 5.42. The summed E-state index contributed by atoms with van der Waals surface area (Å²) in [6, 6.07) is 0. The Morgan fingerprint density at radius 3 is 2.13 bits per heavy atom. The Morgan fingerprint density at radius 2 is 1.61 bits per heavy atom. The molecular formula is C20H45N3. The molecule has 1 aliphatic rings. The quantitative estimate of drug-likeness (QED) is 0.755. The van der Waals surface area contributed by atoms with E-state index in [1.54, 1.807) is 0 Å². The van der Waals surface area contributed by atoms with E-state index in [0.717, 1.165) is 5.92 Å². The molecule has 1 aliphatic heterocycles. The minimum atomic E-state index is 0.251. The van der Waals surface area contributed by atoms with E-state index in [4.69, 9.17) is 0 Å². The van der Waals surface area contributed by atoms with Gasteiger partial charge >= 0.3 is 0 Å². The van der Waals surface area contributed by atoms with Crippen LogP contribution in [0, 0.1) is 5.92 Å². The third-order valence-electron chi connectivity index (χ3n) is 5.42. The molecule has 0 aromatic heterocycles. The molecule has 3 nitrogen and oxygen atoms in total. The molecule has 1 heterocycles. The van der Waals surface area contributed by atoms with Crippen LogP contribution in [0.15, 0.2) is 0 Å². The Balaban J connectivity index is 0.00000232. The Bertz CT molecular complexity index is 299. The van der Waals surface area contributed by atoms with Crippen LogP contribution in [0.2, 0.25) is 0 Å². The van der Waals surface area contributed by atoms with Gasteiger partial charge in [-0.2, -0.15) is 0 Å². The van der Waals surface area contributed by atoms with Crippen LogP contribution >= 0.6 is 0 Å². The molecule has 0 amide bonds. The average molecular weight is 328 g/mol. The smallest absolute Gasteiger partial charge is 0.0151 e. The Kier molecular flexibility index (Phi) is 10.6. The molecule has 0 aromatic rings. The van der Waals surface area contributed by atoms with Crippen LogP contribution in [0.1, 0.15) is 74.7 Å². The van der Waals surface area contributed by atoms with E-state index in [1.807, 2.05) is 13.8 Å². The fourth-order valence-corrected chi connectivity index (χ4v) is 3.46. The summed E-state index contributed by atoms with van der Waals surface area (Å²) in [5, 5.41) is 3.43.